The molecule has 0 amide bonds. The van der Waals surface area contributed by atoms with E-state index in [0.29, 0.717) is 12.3 Å². The van der Waals surface area contributed by atoms with Crippen molar-refractivity contribution in [3.63, 3.8) is 0 Å². The number of aromatic nitrogens is 3. The van der Waals surface area contributed by atoms with Gasteiger partial charge in [-0.3, -0.25) is 0 Å². The molecule has 0 saturated heterocycles. The largest absolute Gasteiger partial charge is 0.264 e. The van der Waals surface area contributed by atoms with Crippen molar-refractivity contribution >= 4 is 27.6 Å². The van der Waals surface area contributed by atoms with Gasteiger partial charge in [0.15, 0.2) is 0 Å². The summed E-state index contributed by atoms with van der Waals surface area (Å²) in [5.74, 6) is 0.431. The van der Waals surface area contributed by atoms with E-state index < -0.39 is 10.0 Å². The monoisotopic (exact) mass is 298 g/mol. The summed E-state index contributed by atoms with van der Waals surface area (Å²) in [4.78, 5) is 3.89. The average Bonchev–Trinajstić information content (AvgIpc) is 2.40. The lowest BCUT2D eigenvalue weighted by atomic mass is 10.2. The van der Waals surface area contributed by atoms with Crippen LogP contribution in [0.15, 0.2) is 41.6 Å². The number of benzene rings is 1. The number of nitrogens with one attached hydrogen (secondary N) is 1. The van der Waals surface area contributed by atoms with Gasteiger partial charge in [0.2, 0.25) is 0 Å². The number of nitrogens with zero attached hydrogens (tertiary/aromatic N) is 3. The van der Waals surface area contributed by atoms with E-state index in [9.17, 15) is 8.42 Å². The summed E-state index contributed by atoms with van der Waals surface area (Å²) in [6, 6.07) is 6.48. The third-order valence-electron chi connectivity index (χ3n) is 2.33. The number of hydrogen-bond donors (Lipinski definition) is 1. The van der Waals surface area contributed by atoms with Gasteiger partial charge in [-0.15, -0.1) is 16.7 Å². The zero-order chi connectivity index (χ0) is 13.7. The predicted octanol–water partition coefficient (Wildman–Crippen LogP) is 1.45. The molecule has 1 aromatic heterocycles. The lowest BCUT2D eigenvalue weighted by Crippen LogP contribution is -2.15. The normalized spacial score (nSPS) is 11.2. The van der Waals surface area contributed by atoms with Crippen LogP contribution < -0.4 is 4.72 Å². The van der Waals surface area contributed by atoms with Gasteiger partial charge in [-0.1, -0.05) is 12.1 Å². The molecule has 0 aliphatic carbocycles. The van der Waals surface area contributed by atoms with E-state index in [0.717, 1.165) is 5.56 Å². The number of aryl methyl sites for hydroxylation is 1. The minimum atomic E-state index is -3.69. The van der Waals surface area contributed by atoms with Gasteiger partial charge in [-0.25, -0.2) is 18.1 Å². The summed E-state index contributed by atoms with van der Waals surface area (Å²) >= 11 is 5.62. The zero-order valence-electron chi connectivity index (χ0n) is 9.82. The molecule has 0 aliphatic rings. The van der Waals surface area contributed by atoms with Crippen molar-refractivity contribution in [1.82, 2.24) is 15.2 Å². The standard InChI is InChI=1S/C11H11ClN4O2S/c12-6-5-9-1-3-10(4-2-9)19(17,18)16-11-13-7-8-14-15-11/h1-4,7-8H,5-6H2,(H,13,15,16). The van der Waals surface area contributed by atoms with Crippen molar-refractivity contribution in [2.75, 3.05) is 10.6 Å². The average molecular weight is 299 g/mol. The molecule has 1 N–H and O–H groups in total. The van der Waals surface area contributed by atoms with Crippen LogP contribution >= 0.6 is 11.6 Å². The molecule has 0 fully saturated rings. The van der Waals surface area contributed by atoms with Crippen LogP contribution in [-0.2, 0) is 16.4 Å². The van der Waals surface area contributed by atoms with Crippen LogP contribution in [0.4, 0.5) is 5.95 Å². The Morgan fingerprint density at radius 1 is 1.16 bits per heavy atom. The fourth-order valence-corrected chi connectivity index (χ4v) is 2.58. The van der Waals surface area contributed by atoms with Gasteiger partial charge >= 0.3 is 0 Å². The molecule has 0 unspecified atom stereocenters. The van der Waals surface area contributed by atoms with E-state index in [1.54, 1.807) is 12.1 Å². The van der Waals surface area contributed by atoms with Gasteiger partial charge in [0.1, 0.15) is 0 Å². The number of rotatable bonds is 5. The number of hydrogen-bond acceptors (Lipinski definition) is 5. The Labute approximate surface area is 115 Å². The van der Waals surface area contributed by atoms with Crippen molar-refractivity contribution in [2.24, 2.45) is 0 Å². The zero-order valence-corrected chi connectivity index (χ0v) is 11.4. The van der Waals surface area contributed by atoms with E-state index in [1.165, 1.54) is 24.5 Å². The van der Waals surface area contributed by atoms with Crippen LogP contribution in [0.2, 0.25) is 0 Å². The van der Waals surface area contributed by atoms with Gasteiger partial charge in [-0.05, 0) is 24.1 Å². The topological polar surface area (TPSA) is 84.8 Å². The molecule has 1 aromatic carbocycles. The first-order valence-electron chi connectivity index (χ1n) is 5.43. The molecule has 6 nitrogen and oxygen atoms in total. The number of anilines is 1. The van der Waals surface area contributed by atoms with Gasteiger partial charge in [0.25, 0.3) is 16.0 Å². The molecule has 0 radical (unpaired) electrons. The van der Waals surface area contributed by atoms with Crippen molar-refractivity contribution in [2.45, 2.75) is 11.3 Å². The van der Waals surface area contributed by atoms with Crippen LogP contribution in [0, 0.1) is 0 Å². The summed E-state index contributed by atoms with van der Waals surface area (Å²) in [6.45, 7) is 0. The highest BCUT2D eigenvalue weighted by molar-refractivity contribution is 7.92. The molecular formula is C11H11ClN4O2S. The first-order chi connectivity index (χ1) is 9.12. The molecular weight excluding hydrogens is 288 g/mol. The molecule has 0 aliphatic heterocycles. The summed E-state index contributed by atoms with van der Waals surface area (Å²) in [5, 5.41) is 7.11. The summed E-state index contributed by atoms with van der Waals surface area (Å²) < 4.78 is 26.3. The highest BCUT2D eigenvalue weighted by Crippen LogP contribution is 2.14. The number of alkyl halides is 1. The molecule has 0 bridgehead atoms. The van der Waals surface area contributed by atoms with Crippen molar-refractivity contribution in [3.8, 4) is 0 Å². The first-order valence-corrected chi connectivity index (χ1v) is 7.45. The third kappa shape index (κ3) is 3.62. The maximum absolute atomic E-state index is 12.0. The Morgan fingerprint density at radius 2 is 1.89 bits per heavy atom. The second-order valence-electron chi connectivity index (χ2n) is 3.65. The Kier molecular flexibility index (Phi) is 4.28. The van der Waals surface area contributed by atoms with Crippen LogP contribution in [0.1, 0.15) is 5.56 Å². The van der Waals surface area contributed by atoms with Crippen LogP contribution in [0.25, 0.3) is 0 Å². The minimum absolute atomic E-state index is 0.0627. The predicted molar refractivity (Wildman–Crippen MR) is 71.5 cm³/mol. The molecule has 8 heteroatoms. The lowest BCUT2D eigenvalue weighted by molar-refractivity contribution is 0.600. The molecule has 1 heterocycles. The first kappa shape index (κ1) is 13.7. The van der Waals surface area contributed by atoms with E-state index in [1.807, 2.05) is 0 Å². The van der Waals surface area contributed by atoms with Crippen LogP contribution in [0.3, 0.4) is 0 Å². The SMILES string of the molecule is O=S(=O)(Nc1nccnn1)c1ccc(CCCl)cc1. The second-order valence-corrected chi connectivity index (χ2v) is 5.72. The second kappa shape index (κ2) is 5.94. The van der Waals surface area contributed by atoms with Crippen LogP contribution in [0.5, 0.6) is 0 Å². The third-order valence-corrected chi connectivity index (χ3v) is 3.86. The summed E-state index contributed by atoms with van der Waals surface area (Å²) in [5.41, 5.74) is 0.978. The Balaban J connectivity index is 2.20. The molecule has 19 heavy (non-hydrogen) atoms. The molecule has 0 saturated carbocycles. The molecule has 2 aromatic rings. The van der Waals surface area contributed by atoms with Crippen LogP contribution in [-0.4, -0.2) is 29.5 Å². The van der Waals surface area contributed by atoms with Crippen molar-refractivity contribution < 1.29 is 8.42 Å². The maximum atomic E-state index is 12.0. The molecule has 2 rings (SSSR count). The van der Waals surface area contributed by atoms with E-state index in [2.05, 4.69) is 19.9 Å². The van der Waals surface area contributed by atoms with E-state index in [-0.39, 0.29) is 10.8 Å². The fourth-order valence-electron chi connectivity index (χ4n) is 1.42. The Hall–Kier alpha value is -1.73. The molecule has 100 valence electrons. The highest BCUT2D eigenvalue weighted by Gasteiger charge is 2.15. The van der Waals surface area contributed by atoms with Crippen molar-refractivity contribution in [3.05, 3.63) is 42.2 Å². The van der Waals surface area contributed by atoms with Gasteiger partial charge in [0.05, 0.1) is 17.3 Å². The smallest absolute Gasteiger partial charge is 0.246 e. The van der Waals surface area contributed by atoms with Crippen molar-refractivity contribution in [1.29, 1.82) is 0 Å². The maximum Gasteiger partial charge on any atom is 0.264 e. The fraction of sp³-hybridized carbons (Fsp3) is 0.182. The lowest BCUT2D eigenvalue weighted by Gasteiger charge is -2.06. The number of halogens is 1. The number of sulfonamides is 1. The Bertz CT molecular complexity index is 632. The van der Waals surface area contributed by atoms with Gasteiger partial charge < -0.3 is 0 Å². The Morgan fingerprint density at radius 3 is 2.47 bits per heavy atom. The quantitative estimate of drug-likeness (QED) is 0.845. The van der Waals surface area contributed by atoms with Gasteiger partial charge in [-0.2, -0.15) is 5.10 Å². The van der Waals surface area contributed by atoms with Gasteiger partial charge in [0, 0.05) is 5.88 Å². The summed E-state index contributed by atoms with van der Waals surface area (Å²) in [6.07, 6.45) is 3.41. The highest BCUT2D eigenvalue weighted by atomic mass is 35.5. The summed E-state index contributed by atoms with van der Waals surface area (Å²) in [7, 11) is -3.69. The van der Waals surface area contributed by atoms with E-state index in [4.69, 9.17) is 11.6 Å². The minimum Gasteiger partial charge on any atom is -0.246 e. The van der Waals surface area contributed by atoms with E-state index >= 15 is 0 Å². The molecule has 0 spiro atoms. The molecule has 0 atom stereocenters.